The molecule has 2 unspecified atom stereocenters. The molecule has 2 aliphatic rings. The number of rotatable bonds is 6. The van der Waals surface area contributed by atoms with Gasteiger partial charge in [0, 0.05) is 25.8 Å². The van der Waals surface area contributed by atoms with E-state index in [1.807, 2.05) is 51.1 Å². The molecular formula is C28H30N4O3S2. The van der Waals surface area contributed by atoms with Crippen molar-refractivity contribution in [2.24, 2.45) is 0 Å². The lowest BCUT2D eigenvalue weighted by Gasteiger charge is -2.36. The number of aromatic nitrogens is 2. The van der Waals surface area contributed by atoms with Crippen molar-refractivity contribution in [1.29, 1.82) is 0 Å². The summed E-state index contributed by atoms with van der Waals surface area (Å²) in [4.78, 5) is 36.2. The van der Waals surface area contributed by atoms with Crippen LogP contribution in [0.25, 0.3) is 11.7 Å². The molecule has 37 heavy (non-hydrogen) atoms. The van der Waals surface area contributed by atoms with Crippen LogP contribution in [0.15, 0.2) is 58.4 Å². The van der Waals surface area contributed by atoms with Crippen molar-refractivity contribution >= 4 is 51.7 Å². The van der Waals surface area contributed by atoms with E-state index < -0.39 is 0 Å². The molecule has 0 aliphatic carbocycles. The number of thiocarbonyl (C=S) groups is 1. The van der Waals surface area contributed by atoms with E-state index in [-0.39, 0.29) is 23.7 Å². The van der Waals surface area contributed by atoms with Crippen LogP contribution in [-0.2, 0) is 16.0 Å². The number of ether oxygens (including phenoxy) is 1. The Morgan fingerprint density at radius 3 is 2.57 bits per heavy atom. The summed E-state index contributed by atoms with van der Waals surface area (Å²) in [5, 5.41) is 0. The lowest BCUT2D eigenvalue weighted by molar-refractivity contribution is -0.122. The number of carbonyl (C=O) groups is 1. The molecule has 0 N–H and O–H groups in total. The monoisotopic (exact) mass is 534 g/mol. The second-order valence-corrected chi connectivity index (χ2v) is 11.3. The second-order valence-electron chi connectivity index (χ2n) is 9.62. The number of anilines is 1. The van der Waals surface area contributed by atoms with Crippen molar-refractivity contribution in [2.75, 3.05) is 24.5 Å². The molecule has 2 atom stereocenters. The zero-order valence-electron chi connectivity index (χ0n) is 21.2. The second kappa shape index (κ2) is 10.8. The third-order valence-electron chi connectivity index (χ3n) is 6.62. The van der Waals surface area contributed by atoms with Crippen molar-refractivity contribution < 1.29 is 9.53 Å². The average Bonchev–Trinajstić information content (AvgIpc) is 3.13. The van der Waals surface area contributed by atoms with E-state index in [1.165, 1.54) is 17.3 Å². The van der Waals surface area contributed by atoms with Crippen LogP contribution in [0.1, 0.15) is 37.0 Å². The molecule has 0 bridgehead atoms. The number of amides is 1. The van der Waals surface area contributed by atoms with Gasteiger partial charge in [0.1, 0.15) is 15.8 Å². The van der Waals surface area contributed by atoms with Crippen LogP contribution in [0.2, 0.25) is 0 Å². The Hall–Kier alpha value is -3.01. The van der Waals surface area contributed by atoms with Crippen LogP contribution >= 0.6 is 24.0 Å². The summed E-state index contributed by atoms with van der Waals surface area (Å²) in [6, 6.07) is 14.0. The highest BCUT2D eigenvalue weighted by Crippen LogP contribution is 2.34. The zero-order chi connectivity index (χ0) is 26.1. The van der Waals surface area contributed by atoms with Gasteiger partial charge >= 0.3 is 0 Å². The fourth-order valence-corrected chi connectivity index (χ4v) is 6.22. The Bertz CT molecular complexity index is 1430. The minimum atomic E-state index is -0.204. The largest absolute Gasteiger partial charge is 0.372 e. The number of benzene rings is 1. The predicted molar refractivity (Wildman–Crippen MR) is 153 cm³/mol. The maximum atomic E-state index is 13.7. The smallest absolute Gasteiger partial charge is 0.267 e. The normalized spacial score (nSPS) is 21.4. The minimum absolute atomic E-state index is 0.00320. The molecule has 2 aliphatic heterocycles. The van der Waals surface area contributed by atoms with Crippen LogP contribution in [-0.4, -0.2) is 56.4 Å². The van der Waals surface area contributed by atoms with Gasteiger partial charge in [0.05, 0.1) is 22.7 Å². The van der Waals surface area contributed by atoms with E-state index in [1.54, 1.807) is 21.6 Å². The molecule has 1 aromatic carbocycles. The highest BCUT2D eigenvalue weighted by molar-refractivity contribution is 8.26. The van der Waals surface area contributed by atoms with Crippen molar-refractivity contribution in [1.82, 2.24) is 14.3 Å². The molecule has 2 aromatic heterocycles. The van der Waals surface area contributed by atoms with E-state index in [4.69, 9.17) is 21.9 Å². The number of nitrogens with zero attached hydrogens (tertiary/aromatic N) is 4. The molecule has 0 saturated carbocycles. The summed E-state index contributed by atoms with van der Waals surface area (Å²) in [5.41, 5.74) is 2.94. The number of fused-ring (bicyclic) bond motifs is 1. The van der Waals surface area contributed by atoms with Crippen molar-refractivity contribution in [3.8, 4) is 0 Å². The van der Waals surface area contributed by atoms with E-state index in [9.17, 15) is 9.59 Å². The predicted octanol–water partition coefficient (Wildman–Crippen LogP) is 4.45. The summed E-state index contributed by atoms with van der Waals surface area (Å²) in [6.07, 6.45) is 5.06. The molecule has 192 valence electrons. The van der Waals surface area contributed by atoms with Crippen LogP contribution in [0.5, 0.6) is 0 Å². The van der Waals surface area contributed by atoms with Gasteiger partial charge in [-0.3, -0.25) is 18.9 Å². The maximum Gasteiger partial charge on any atom is 0.267 e. The molecule has 9 heteroatoms. The van der Waals surface area contributed by atoms with Gasteiger partial charge in [-0.1, -0.05) is 60.4 Å². The molecule has 7 nitrogen and oxygen atoms in total. The first-order valence-corrected chi connectivity index (χ1v) is 13.8. The first-order chi connectivity index (χ1) is 17.8. The van der Waals surface area contributed by atoms with Crippen LogP contribution < -0.4 is 10.5 Å². The number of hydrogen-bond donors (Lipinski definition) is 0. The number of pyridine rings is 1. The maximum absolute atomic E-state index is 13.7. The standard InChI is InChI=1S/C28H30N4O3S2/c1-18-9-7-13-31-24(18)29-25(30-16-19(2)35-20(3)17-30)22(26(31)33)15-23-27(34)32(28(36)37-23)14-8-12-21-10-5-4-6-11-21/h4-7,9-11,13,15,19-20H,8,12,14,16-17H2,1-3H3. The lowest BCUT2D eigenvalue weighted by Crippen LogP contribution is -2.46. The van der Waals surface area contributed by atoms with Crippen LogP contribution in [0.4, 0.5) is 5.82 Å². The Morgan fingerprint density at radius 1 is 1.11 bits per heavy atom. The number of aryl methyl sites for hydroxylation is 2. The molecule has 5 rings (SSSR count). The van der Waals surface area contributed by atoms with E-state index in [2.05, 4.69) is 17.0 Å². The molecule has 2 saturated heterocycles. The Morgan fingerprint density at radius 2 is 1.84 bits per heavy atom. The molecule has 4 heterocycles. The Balaban J connectivity index is 1.48. The summed E-state index contributed by atoms with van der Waals surface area (Å²) in [6.45, 7) is 7.73. The third-order valence-corrected chi connectivity index (χ3v) is 8.00. The van der Waals surface area contributed by atoms with Gasteiger partial charge in [-0.2, -0.15) is 0 Å². The van der Waals surface area contributed by atoms with Gasteiger partial charge in [0.25, 0.3) is 11.5 Å². The van der Waals surface area contributed by atoms with Gasteiger partial charge in [0.15, 0.2) is 0 Å². The third kappa shape index (κ3) is 5.35. The quantitative estimate of drug-likeness (QED) is 0.342. The van der Waals surface area contributed by atoms with E-state index >= 15 is 0 Å². The van der Waals surface area contributed by atoms with Gasteiger partial charge in [-0.25, -0.2) is 4.98 Å². The average molecular weight is 535 g/mol. The van der Waals surface area contributed by atoms with E-state index in [0.29, 0.717) is 45.9 Å². The summed E-state index contributed by atoms with van der Waals surface area (Å²) in [7, 11) is 0. The SMILES string of the molecule is Cc1cccn2c(=O)c(C=C3SC(=S)N(CCCc4ccccc4)C3=O)c(N3CC(C)OC(C)C3)nc12. The van der Waals surface area contributed by atoms with Crippen molar-refractivity contribution in [3.05, 3.63) is 80.6 Å². The molecule has 3 aromatic rings. The first-order valence-electron chi connectivity index (χ1n) is 12.5. The molecule has 1 amide bonds. The summed E-state index contributed by atoms with van der Waals surface area (Å²) < 4.78 is 7.99. The molecule has 2 fully saturated rings. The first kappa shape index (κ1) is 25.6. The van der Waals surface area contributed by atoms with Gasteiger partial charge in [0.2, 0.25) is 0 Å². The highest BCUT2D eigenvalue weighted by atomic mass is 32.2. The number of carbonyl (C=O) groups excluding carboxylic acids is 1. The highest BCUT2D eigenvalue weighted by Gasteiger charge is 2.33. The molecular weight excluding hydrogens is 504 g/mol. The van der Waals surface area contributed by atoms with Crippen molar-refractivity contribution in [3.63, 3.8) is 0 Å². The van der Waals surface area contributed by atoms with Gasteiger partial charge in [-0.15, -0.1) is 0 Å². The van der Waals surface area contributed by atoms with E-state index in [0.717, 1.165) is 18.4 Å². The zero-order valence-corrected chi connectivity index (χ0v) is 22.8. The molecule has 0 spiro atoms. The lowest BCUT2D eigenvalue weighted by atomic mass is 10.1. The Kier molecular flexibility index (Phi) is 7.46. The van der Waals surface area contributed by atoms with Gasteiger partial charge in [-0.05, 0) is 56.9 Å². The fourth-order valence-electron chi connectivity index (χ4n) is 4.93. The number of morpholine rings is 1. The number of thioether (sulfide) groups is 1. The summed E-state index contributed by atoms with van der Waals surface area (Å²) in [5.74, 6) is 0.419. The summed E-state index contributed by atoms with van der Waals surface area (Å²) >= 11 is 6.80. The fraction of sp³-hybridized carbons (Fsp3) is 0.357. The van der Waals surface area contributed by atoms with Crippen molar-refractivity contribution in [2.45, 2.75) is 45.8 Å². The van der Waals surface area contributed by atoms with Crippen LogP contribution in [0.3, 0.4) is 0 Å². The topological polar surface area (TPSA) is 67.2 Å². The minimum Gasteiger partial charge on any atom is -0.372 e. The Labute approximate surface area is 226 Å². The van der Waals surface area contributed by atoms with Gasteiger partial charge < -0.3 is 9.64 Å². The number of hydrogen-bond acceptors (Lipinski definition) is 7. The molecule has 0 radical (unpaired) electrons. The van der Waals surface area contributed by atoms with Crippen LogP contribution in [0, 0.1) is 6.92 Å².